The molecule has 7 nitrogen and oxygen atoms in total. The zero-order chi connectivity index (χ0) is 17.9. The van der Waals surface area contributed by atoms with Crippen molar-refractivity contribution in [1.82, 2.24) is 9.78 Å². The molecule has 9 heteroatoms. The minimum absolute atomic E-state index is 0. The number of aliphatic carboxylic acids is 1. The molecular formula is C16H14ClKN2O5. The van der Waals surface area contributed by atoms with Gasteiger partial charge in [-0.1, -0.05) is 24.9 Å². The molecule has 0 spiro atoms. The van der Waals surface area contributed by atoms with Crippen molar-refractivity contribution in [1.29, 1.82) is 0 Å². The van der Waals surface area contributed by atoms with Crippen LogP contribution in [0.5, 0.6) is 0 Å². The molecule has 0 radical (unpaired) electrons. The number of halogens is 1. The van der Waals surface area contributed by atoms with Crippen LogP contribution in [-0.2, 0) is 17.6 Å². The molecule has 0 aliphatic carbocycles. The van der Waals surface area contributed by atoms with Gasteiger partial charge < -0.3 is 15.0 Å². The van der Waals surface area contributed by atoms with Crippen molar-refractivity contribution in [3.63, 3.8) is 0 Å². The van der Waals surface area contributed by atoms with Crippen LogP contribution in [0.2, 0.25) is 5.02 Å². The molecule has 0 amide bonds. The van der Waals surface area contributed by atoms with Gasteiger partial charge in [-0.25, -0.2) is 4.68 Å². The Labute approximate surface area is 191 Å². The molecule has 0 aliphatic heterocycles. The number of hydrogen-bond acceptors (Lipinski definition) is 5. The Kier molecular flexibility index (Phi) is 8.46. The van der Waals surface area contributed by atoms with E-state index in [1.54, 1.807) is 24.3 Å². The zero-order valence-electron chi connectivity index (χ0n) is 13.8. The number of carbonyl (C=O) groups excluding carboxylic acids is 1. The average molecular weight is 389 g/mol. The topological polar surface area (TPSA) is 112 Å². The summed E-state index contributed by atoms with van der Waals surface area (Å²) in [5.74, 6) is -2.99. The van der Waals surface area contributed by atoms with Crippen LogP contribution in [0.4, 0.5) is 0 Å². The van der Waals surface area contributed by atoms with Crippen LogP contribution in [0.1, 0.15) is 35.1 Å². The van der Waals surface area contributed by atoms with Gasteiger partial charge in [-0.05, 0) is 30.7 Å². The summed E-state index contributed by atoms with van der Waals surface area (Å²) in [6.07, 6.45) is 0.386. The van der Waals surface area contributed by atoms with Crippen LogP contribution >= 0.6 is 11.6 Å². The molecule has 1 aromatic carbocycles. The molecule has 1 aromatic heterocycles. The molecular weight excluding hydrogens is 375 g/mol. The summed E-state index contributed by atoms with van der Waals surface area (Å²) in [4.78, 5) is 34.6. The number of rotatable bonds is 6. The first kappa shape index (κ1) is 22.0. The molecule has 1 N–H and O–H groups in total. The maximum atomic E-state index is 12.3. The predicted molar refractivity (Wildman–Crippen MR) is 84.5 cm³/mol. The van der Waals surface area contributed by atoms with Crippen LogP contribution in [-0.4, -0.2) is 26.8 Å². The van der Waals surface area contributed by atoms with Crippen LogP contribution in [0.25, 0.3) is 5.69 Å². The molecule has 2 aromatic rings. The van der Waals surface area contributed by atoms with E-state index in [0.29, 0.717) is 29.2 Å². The summed E-state index contributed by atoms with van der Waals surface area (Å²) in [6.45, 7) is 1.86. The molecule has 0 atom stereocenters. The van der Waals surface area contributed by atoms with E-state index in [1.165, 1.54) is 4.68 Å². The van der Waals surface area contributed by atoms with Crippen LogP contribution in [0, 0.1) is 0 Å². The summed E-state index contributed by atoms with van der Waals surface area (Å²) >= 11 is 5.85. The van der Waals surface area contributed by atoms with E-state index in [2.05, 4.69) is 5.10 Å². The van der Waals surface area contributed by atoms with Crippen molar-refractivity contribution in [3.8, 4) is 5.69 Å². The van der Waals surface area contributed by atoms with Gasteiger partial charge in [-0.15, -0.1) is 0 Å². The third kappa shape index (κ3) is 5.22. The van der Waals surface area contributed by atoms with E-state index in [0.717, 1.165) is 0 Å². The Bertz CT molecular complexity index is 849. The summed E-state index contributed by atoms with van der Waals surface area (Å²) in [6, 6.07) is 6.37. The summed E-state index contributed by atoms with van der Waals surface area (Å²) in [5.41, 5.74) is -1.02. The minimum Gasteiger partial charge on any atom is -0.543 e. The first-order chi connectivity index (χ1) is 11.3. The Hall–Kier alpha value is -1.03. The largest absolute Gasteiger partial charge is 1.00 e. The molecule has 0 aliphatic rings. The first-order valence-corrected chi connectivity index (χ1v) is 7.57. The fourth-order valence-electron chi connectivity index (χ4n) is 2.36. The van der Waals surface area contributed by atoms with Crippen molar-refractivity contribution in [3.05, 3.63) is 56.5 Å². The van der Waals surface area contributed by atoms with Crippen molar-refractivity contribution in [2.45, 2.75) is 26.2 Å². The molecule has 126 valence electrons. The van der Waals surface area contributed by atoms with E-state index in [-0.39, 0.29) is 56.9 Å². The van der Waals surface area contributed by atoms with E-state index >= 15 is 0 Å². The van der Waals surface area contributed by atoms with Gasteiger partial charge in [-0.3, -0.25) is 9.59 Å². The van der Waals surface area contributed by atoms with Crippen LogP contribution in [0.3, 0.4) is 0 Å². The number of hydrogen-bond donors (Lipinski definition) is 1. The predicted octanol–water partition coefficient (Wildman–Crippen LogP) is -2.17. The second-order valence-electron chi connectivity index (χ2n) is 5.10. The van der Waals surface area contributed by atoms with Crippen molar-refractivity contribution in [2.24, 2.45) is 0 Å². The van der Waals surface area contributed by atoms with Gasteiger partial charge >= 0.3 is 57.4 Å². The van der Waals surface area contributed by atoms with Crippen molar-refractivity contribution < 1.29 is 71.2 Å². The number of aromatic carboxylic acids is 1. The second-order valence-corrected chi connectivity index (χ2v) is 5.54. The minimum atomic E-state index is -1.75. The maximum Gasteiger partial charge on any atom is 1.00 e. The molecule has 0 saturated heterocycles. The van der Waals surface area contributed by atoms with E-state index < -0.39 is 29.5 Å². The molecule has 25 heavy (non-hydrogen) atoms. The van der Waals surface area contributed by atoms with E-state index in [9.17, 15) is 19.5 Å². The summed E-state index contributed by atoms with van der Waals surface area (Å²) in [7, 11) is 0. The Morgan fingerprint density at radius 3 is 2.36 bits per heavy atom. The number of carboxylic acid groups (broad SMARTS) is 2. The van der Waals surface area contributed by atoms with Gasteiger partial charge in [0.2, 0.25) is 5.43 Å². The monoisotopic (exact) mass is 388 g/mol. The number of benzene rings is 1. The van der Waals surface area contributed by atoms with Crippen LogP contribution in [0.15, 0.2) is 29.1 Å². The average Bonchev–Trinajstić information content (AvgIpc) is 2.51. The molecule has 0 saturated carbocycles. The fourth-order valence-corrected chi connectivity index (χ4v) is 2.49. The van der Waals surface area contributed by atoms with E-state index in [4.69, 9.17) is 16.7 Å². The SMILES string of the molecule is CCCc1c(CC(=O)O)c(=O)c(C(=O)[O-])nn1-c1ccc(Cl)cc1.[K+]. The second kappa shape index (κ2) is 9.61. The third-order valence-corrected chi connectivity index (χ3v) is 3.62. The van der Waals surface area contributed by atoms with Crippen molar-refractivity contribution >= 4 is 23.5 Å². The molecule has 0 bridgehead atoms. The number of aromatic nitrogens is 2. The van der Waals surface area contributed by atoms with Gasteiger partial charge in [0.05, 0.1) is 23.8 Å². The fraction of sp³-hybridized carbons (Fsp3) is 0.250. The number of carbonyl (C=O) groups is 2. The zero-order valence-corrected chi connectivity index (χ0v) is 17.7. The van der Waals surface area contributed by atoms with E-state index in [1.807, 2.05) is 6.92 Å². The standard InChI is InChI=1S/C16H15ClN2O5.K/c1-2-3-12-11(8-13(20)21)15(22)14(16(23)24)18-19(12)10-6-4-9(17)5-7-10;/h4-7H,2-3,8H2,1H3,(H,20,21)(H,23,24);/q;+1/p-1. The summed E-state index contributed by atoms with van der Waals surface area (Å²) in [5, 5.41) is 24.6. The maximum absolute atomic E-state index is 12.3. The Morgan fingerprint density at radius 1 is 1.28 bits per heavy atom. The molecule has 0 fully saturated rings. The smallest absolute Gasteiger partial charge is 0.543 e. The van der Waals surface area contributed by atoms with Gasteiger partial charge in [0.15, 0.2) is 5.69 Å². The quantitative estimate of drug-likeness (QED) is 0.564. The van der Waals surface area contributed by atoms with Gasteiger partial charge in [0.25, 0.3) is 0 Å². The number of carboxylic acids is 2. The Morgan fingerprint density at radius 2 is 1.88 bits per heavy atom. The molecule has 0 unspecified atom stereocenters. The number of nitrogens with zero attached hydrogens (tertiary/aromatic N) is 2. The van der Waals surface area contributed by atoms with Gasteiger partial charge in [0.1, 0.15) is 0 Å². The first-order valence-electron chi connectivity index (χ1n) is 7.19. The van der Waals surface area contributed by atoms with Gasteiger partial charge in [-0.2, -0.15) is 5.10 Å². The summed E-state index contributed by atoms with van der Waals surface area (Å²) < 4.78 is 1.27. The molecule has 2 rings (SSSR count). The Balaban J connectivity index is 0.00000312. The normalized spacial score (nSPS) is 10.2. The third-order valence-electron chi connectivity index (χ3n) is 3.37. The van der Waals surface area contributed by atoms with Crippen LogP contribution < -0.4 is 61.9 Å². The molecule has 1 heterocycles. The van der Waals surface area contributed by atoms with Crippen molar-refractivity contribution in [2.75, 3.05) is 0 Å². The van der Waals surface area contributed by atoms with Gasteiger partial charge in [0, 0.05) is 10.6 Å².